The van der Waals surface area contributed by atoms with Crippen LogP contribution in [-0.2, 0) is 19.0 Å². The van der Waals surface area contributed by atoms with Crippen LogP contribution in [0.2, 0.25) is 0 Å². The third-order valence-electron chi connectivity index (χ3n) is 12.3. The number of halogens is 2. The van der Waals surface area contributed by atoms with Crippen molar-refractivity contribution in [3.63, 3.8) is 0 Å². The summed E-state index contributed by atoms with van der Waals surface area (Å²) < 4.78 is 58.0. The van der Waals surface area contributed by atoms with E-state index in [-0.39, 0.29) is 17.7 Å². The maximum Gasteiger partial charge on any atom is 0.408 e. The Bertz CT molecular complexity index is 2830. The molecular weight excluding hydrogens is 961 g/mol. The molecule has 0 spiro atoms. The molecule has 2 amide bonds. The van der Waals surface area contributed by atoms with E-state index in [0.29, 0.717) is 66.9 Å². The van der Waals surface area contributed by atoms with Gasteiger partial charge in [0.1, 0.15) is 46.2 Å². The van der Waals surface area contributed by atoms with Gasteiger partial charge in [-0.05, 0) is 91.5 Å². The quantitative estimate of drug-likeness (QED) is 0.121. The second-order valence-corrected chi connectivity index (χ2v) is 21.7. The van der Waals surface area contributed by atoms with Gasteiger partial charge < -0.3 is 48.9 Å². The van der Waals surface area contributed by atoms with Gasteiger partial charge in [-0.2, -0.15) is 0 Å². The summed E-state index contributed by atoms with van der Waals surface area (Å²) in [6.07, 6.45) is 5.57. The zero-order valence-electron chi connectivity index (χ0n) is 41.3. The number of piperidine rings is 2. The van der Waals surface area contributed by atoms with E-state index in [2.05, 4.69) is 35.3 Å². The van der Waals surface area contributed by atoms with Gasteiger partial charge in [0.25, 0.3) is 0 Å². The lowest BCUT2D eigenvalue weighted by atomic mass is 9.86. The van der Waals surface area contributed by atoms with E-state index in [0.717, 1.165) is 78.3 Å². The van der Waals surface area contributed by atoms with Crippen molar-refractivity contribution in [3.05, 3.63) is 60.4 Å². The number of aldehydes is 1. The molecule has 3 saturated heterocycles. The lowest BCUT2D eigenvalue weighted by molar-refractivity contribution is -0.114. The Hall–Kier alpha value is -6.17. The van der Waals surface area contributed by atoms with Crippen LogP contribution in [0.4, 0.5) is 28.6 Å². The molecule has 0 atom stereocenters. The van der Waals surface area contributed by atoms with Gasteiger partial charge in [0, 0.05) is 69.1 Å². The summed E-state index contributed by atoms with van der Waals surface area (Å²) in [5.74, 6) is 0.0789. The van der Waals surface area contributed by atoms with Gasteiger partial charge in [-0.25, -0.2) is 37.4 Å². The summed E-state index contributed by atoms with van der Waals surface area (Å²) in [7, 11) is 3.01. The predicted octanol–water partition coefficient (Wildman–Crippen LogP) is 7.47. The molecule has 7 heterocycles. The maximum absolute atomic E-state index is 13.7. The van der Waals surface area contributed by atoms with Gasteiger partial charge >= 0.3 is 12.2 Å². The van der Waals surface area contributed by atoms with Crippen molar-refractivity contribution >= 4 is 61.3 Å². The molecule has 0 bridgehead atoms. The number of rotatable bonds is 11. The molecule has 2 aromatic carbocycles. The highest BCUT2D eigenvalue weighted by Crippen LogP contribution is 2.37. The van der Waals surface area contributed by atoms with Crippen LogP contribution in [0, 0.1) is 11.6 Å². The van der Waals surface area contributed by atoms with Gasteiger partial charge in [-0.15, -0.1) is 10.2 Å². The van der Waals surface area contributed by atoms with Gasteiger partial charge in [-0.3, -0.25) is 4.90 Å². The number of methoxy groups -OCH3 is 2. The first-order valence-electron chi connectivity index (χ1n) is 23.4. The van der Waals surface area contributed by atoms with E-state index in [1.807, 2.05) is 20.8 Å². The fraction of sp³-hybridized carbons (Fsp3) is 0.521. The Morgan fingerprint density at radius 2 is 1.15 bits per heavy atom. The Labute approximate surface area is 418 Å². The fourth-order valence-electron chi connectivity index (χ4n) is 8.77. The summed E-state index contributed by atoms with van der Waals surface area (Å²) in [4.78, 5) is 53.9. The number of nitrogens with zero attached hydrogens (tertiary/aromatic N) is 9. The molecule has 3 aliphatic heterocycles. The number of carbonyl (C=O) groups is 3. The molecule has 6 aromatic rings. The van der Waals surface area contributed by atoms with E-state index in [4.69, 9.17) is 33.9 Å². The number of amides is 2. The average molecular weight is 1020 g/mol. The number of alkyl carbamates (subject to hydrolysis) is 2. The van der Waals surface area contributed by atoms with E-state index >= 15 is 0 Å². The number of nitrogens with one attached hydrogen (secondary N) is 2. The first-order chi connectivity index (χ1) is 33.8. The third-order valence-corrected chi connectivity index (χ3v) is 14.3. The monoisotopic (exact) mass is 1020 g/mol. The molecule has 0 radical (unpaired) electrons. The zero-order chi connectivity index (χ0) is 50.7. The van der Waals surface area contributed by atoms with E-state index in [1.165, 1.54) is 61.2 Å². The molecule has 23 heteroatoms. The highest BCUT2D eigenvalue weighted by Gasteiger charge is 2.41. The maximum atomic E-state index is 13.7. The van der Waals surface area contributed by atoms with Crippen molar-refractivity contribution in [2.45, 2.75) is 89.5 Å². The summed E-state index contributed by atoms with van der Waals surface area (Å²) in [6, 6.07) is 8.77. The number of hydrogen-bond donors (Lipinski definition) is 2. The second kappa shape index (κ2) is 20.9. The molecule has 3 aliphatic rings. The summed E-state index contributed by atoms with van der Waals surface area (Å²) >= 11 is 2.92. The van der Waals surface area contributed by atoms with Gasteiger partial charge in [-0.1, -0.05) is 22.7 Å². The van der Waals surface area contributed by atoms with Crippen LogP contribution in [0.3, 0.4) is 0 Å². The molecule has 19 nitrogen and oxygen atoms in total. The lowest BCUT2D eigenvalue weighted by Gasteiger charge is -2.45. The van der Waals surface area contributed by atoms with Gasteiger partial charge in [0.2, 0.25) is 20.2 Å². The molecule has 2 N–H and O–H groups in total. The lowest BCUT2D eigenvalue weighted by Crippen LogP contribution is -2.62. The Kier molecular flexibility index (Phi) is 15.1. The van der Waals surface area contributed by atoms with Crippen molar-refractivity contribution < 1.29 is 46.8 Å². The van der Waals surface area contributed by atoms with E-state index in [1.54, 1.807) is 54.3 Å². The summed E-state index contributed by atoms with van der Waals surface area (Å²) in [5, 5.41) is 17.1. The van der Waals surface area contributed by atoms with Crippen LogP contribution < -0.4 is 29.9 Å². The number of benzene rings is 2. The normalized spacial score (nSPS) is 17.3. The van der Waals surface area contributed by atoms with Crippen molar-refractivity contribution in [1.29, 1.82) is 0 Å². The molecule has 71 heavy (non-hydrogen) atoms. The van der Waals surface area contributed by atoms with Crippen LogP contribution in [0.25, 0.3) is 32.4 Å². The Morgan fingerprint density at radius 3 is 1.59 bits per heavy atom. The highest BCUT2D eigenvalue weighted by atomic mass is 32.1. The van der Waals surface area contributed by atoms with Crippen LogP contribution in [0.1, 0.15) is 67.2 Å². The van der Waals surface area contributed by atoms with Crippen LogP contribution in [-0.4, -0.2) is 148 Å². The molecular formula is C48H61F2N11O8S2. The number of hydrogen-bond acceptors (Lipinski definition) is 17. The van der Waals surface area contributed by atoms with Gasteiger partial charge in [0.05, 0.1) is 56.8 Å². The SMILES string of the molecule is COc1cc(F)ccc1-c1cnc2sc(N3CCC(C=O)(NC(=O)OC(C)(C)C)CC3)nn12.COc1cc(F)ccc1-c1cnc2sc(N3CCC(CN4CCOCC4)(NC(=O)OC(C)(C)C)CC3)nn12. The topological polar surface area (TPSA) is 192 Å². The summed E-state index contributed by atoms with van der Waals surface area (Å²) in [6.45, 7) is 17.3. The number of aromatic nitrogens is 6. The van der Waals surface area contributed by atoms with Crippen molar-refractivity contribution in [1.82, 2.24) is 44.7 Å². The first-order valence-corrected chi connectivity index (χ1v) is 25.1. The largest absolute Gasteiger partial charge is 0.496 e. The van der Waals surface area contributed by atoms with Crippen molar-refractivity contribution in [2.75, 3.05) is 83.0 Å². The Morgan fingerprint density at radius 1 is 0.704 bits per heavy atom. The summed E-state index contributed by atoms with van der Waals surface area (Å²) in [5.41, 5.74) is 0.260. The fourth-order valence-corrected chi connectivity index (χ4v) is 10.6. The average Bonchev–Trinajstić information content (AvgIpc) is 4.12. The molecule has 0 unspecified atom stereocenters. The number of anilines is 2. The number of morpholine rings is 1. The number of ether oxygens (including phenoxy) is 5. The molecule has 9 rings (SSSR count). The Balaban J connectivity index is 0.000000192. The minimum Gasteiger partial charge on any atom is -0.496 e. The molecule has 0 aliphatic carbocycles. The van der Waals surface area contributed by atoms with Crippen molar-refractivity contribution in [2.24, 2.45) is 0 Å². The number of imidazole rings is 2. The number of carbonyl (C=O) groups excluding carboxylic acids is 3. The third kappa shape index (κ3) is 12.1. The van der Waals surface area contributed by atoms with Crippen LogP contribution in [0.5, 0.6) is 11.5 Å². The van der Waals surface area contributed by atoms with Crippen LogP contribution in [0.15, 0.2) is 48.8 Å². The molecule has 0 saturated carbocycles. The van der Waals surface area contributed by atoms with E-state index in [9.17, 15) is 23.2 Å². The highest BCUT2D eigenvalue weighted by molar-refractivity contribution is 7.20. The first kappa shape index (κ1) is 51.2. The molecule has 382 valence electrons. The minimum absolute atomic E-state index is 0.362. The smallest absolute Gasteiger partial charge is 0.408 e. The van der Waals surface area contributed by atoms with Gasteiger partial charge in [0.15, 0.2) is 0 Å². The number of fused-ring (bicyclic) bond motifs is 2. The minimum atomic E-state index is -0.969. The van der Waals surface area contributed by atoms with E-state index < -0.39 is 28.4 Å². The predicted molar refractivity (Wildman–Crippen MR) is 266 cm³/mol. The second-order valence-electron chi connectivity index (χ2n) is 19.8. The zero-order valence-corrected chi connectivity index (χ0v) is 42.9. The standard InChI is InChI=1S/C26H35FN6O4S.C22H26FN5O4S/c1-25(2,3)37-24(34)29-26(17-31-11-13-36-14-12-31)7-9-32(10-8-26)23-30-33-20(16-28-22(33)38-23)19-6-5-18(27)15-21(19)35-4;1-21(2,3)32-20(30)25-22(13-29)7-9-27(10-8-22)19-26-28-16(12-24-18(28)33-19)15-6-5-14(23)11-17(15)31-4/h5-6,15-16H,7-14,17H2,1-4H3,(H,29,34);5-6,11-13H,7-10H2,1-4H3,(H,25,30). The molecule has 4 aromatic heterocycles. The molecule has 3 fully saturated rings. The van der Waals surface area contributed by atoms with Crippen molar-refractivity contribution in [3.8, 4) is 34.0 Å². The van der Waals surface area contributed by atoms with Crippen LogP contribution >= 0.6 is 22.7 Å².